The van der Waals surface area contributed by atoms with Crippen LogP contribution < -0.4 is 0 Å². The number of hydrogen-bond acceptors (Lipinski definition) is 4. The highest BCUT2D eigenvalue weighted by Gasteiger charge is 2.24. The fraction of sp³-hybridized carbons (Fsp3) is 0. The zero-order chi connectivity index (χ0) is 17.6. The molecule has 4 rings (SSSR count). The molecule has 25 heavy (non-hydrogen) atoms. The van der Waals surface area contributed by atoms with Gasteiger partial charge in [-0.05, 0) is 22.9 Å². The lowest BCUT2D eigenvalue weighted by Gasteiger charge is -2.11. The minimum Gasteiger partial charge on any atom is -0.507 e. The van der Waals surface area contributed by atoms with E-state index in [-0.39, 0.29) is 21.3 Å². The molecule has 0 aromatic heterocycles. The largest absolute Gasteiger partial charge is 0.507 e. The Morgan fingerprint density at radius 1 is 0.680 bits per heavy atom. The summed E-state index contributed by atoms with van der Waals surface area (Å²) in [6, 6.07) is 19.9. The average Bonchev–Trinajstić information content (AvgIpc) is 2.64. The molecular weight excluding hydrogens is 336 g/mol. The smallest absolute Gasteiger partial charge is 0.210 e. The molecule has 0 saturated heterocycles. The topological polar surface area (TPSA) is 74.6 Å². The van der Waals surface area contributed by atoms with Crippen molar-refractivity contribution in [3.05, 3.63) is 72.8 Å². The minimum absolute atomic E-state index is 0.0659. The van der Waals surface area contributed by atoms with Crippen LogP contribution in [0.4, 0.5) is 0 Å². The Labute approximate surface area is 144 Å². The number of phenols is 2. The van der Waals surface area contributed by atoms with Gasteiger partial charge in [-0.15, -0.1) is 0 Å². The Hall–Kier alpha value is -3.05. The van der Waals surface area contributed by atoms with Gasteiger partial charge in [-0.25, -0.2) is 8.42 Å². The van der Waals surface area contributed by atoms with E-state index in [1.54, 1.807) is 36.4 Å². The van der Waals surface area contributed by atoms with Crippen molar-refractivity contribution in [2.24, 2.45) is 0 Å². The SMILES string of the molecule is O=S(=O)(c1ccc2ccccc2c1)c1cc(O)c2ccccc2c1O. The first-order chi connectivity index (χ1) is 12.0. The van der Waals surface area contributed by atoms with E-state index in [1.807, 2.05) is 24.3 Å². The van der Waals surface area contributed by atoms with Gasteiger partial charge in [0.1, 0.15) is 16.4 Å². The van der Waals surface area contributed by atoms with Crippen LogP contribution in [0.25, 0.3) is 21.5 Å². The lowest BCUT2D eigenvalue weighted by atomic mass is 10.1. The van der Waals surface area contributed by atoms with Crippen molar-refractivity contribution in [1.82, 2.24) is 0 Å². The van der Waals surface area contributed by atoms with Crippen molar-refractivity contribution < 1.29 is 18.6 Å². The Morgan fingerprint density at radius 2 is 1.32 bits per heavy atom. The molecular formula is C20H14O4S. The first-order valence-corrected chi connectivity index (χ1v) is 9.14. The summed E-state index contributed by atoms with van der Waals surface area (Å²) in [5.41, 5.74) is 0. The monoisotopic (exact) mass is 350 g/mol. The quantitative estimate of drug-likeness (QED) is 0.530. The fourth-order valence-corrected chi connectivity index (χ4v) is 4.40. The van der Waals surface area contributed by atoms with Gasteiger partial charge in [0.05, 0.1) is 4.90 Å². The normalized spacial score (nSPS) is 11.8. The number of fused-ring (bicyclic) bond motifs is 2. The Balaban J connectivity index is 1.98. The van der Waals surface area contributed by atoms with Gasteiger partial charge in [0.25, 0.3) is 0 Å². The maximum atomic E-state index is 13.0. The van der Waals surface area contributed by atoms with E-state index in [9.17, 15) is 18.6 Å². The molecule has 0 aliphatic carbocycles. The van der Waals surface area contributed by atoms with Crippen LogP contribution in [0.1, 0.15) is 0 Å². The number of rotatable bonds is 2. The van der Waals surface area contributed by atoms with Gasteiger partial charge in [0, 0.05) is 16.8 Å². The van der Waals surface area contributed by atoms with Crippen molar-refractivity contribution in [3.63, 3.8) is 0 Å². The van der Waals surface area contributed by atoms with Gasteiger partial charge in [-0.1, -0.05) is 54.6 Å². The molecule has 0 fully saturated rings. The van der Waals surface area contributed by atoms with Gasteiger partial charge in [-0.2, -0.15) is 0 Å². The molecule has 4 nitrogen and oxygen atoms in total. The third kappa shape index (κ3) is 2.40. The molecule has 0 bridgehead atoms. The highest BCUT2D eigenvalue weighted by Crippen LogP contribution is 2.40. The summed E-state index contributed by atoms with van der Waals surface area (Å²) in [7, 11) is -3.99. The summed E-state index contributed by atoms with van der Waals surface area (Å²) < 4.78 is 26.0. The predicted octanol–water partition coefficient (Wildman–Crippen LogP) is 4.24. The second-order valence-electron chi connectivity index (χ2n) is 5.80. The van der Waals surface area contributed by atoms with Gasteiger partial charge >= 0.3 is 0 Å². The van der Waals surface area contributed by atoms with Crippen LogP contribution in [-0.2, 0) is 9.84 Å². The zero-order valence-corrected chi connectivity index (χ0v) is 13.9. The summed E-state index contributed by atoms with van der Waals surface area (Å²) >= 11 is 0. The van der Waals surface area contributed by atoms with E-state index in [0.29, 0.717) is 10.8 Å². The van der Waals surface area contributed by atoms with Gasteiger partial charge in [0.15, 0.2) is 0 Å². The molecule has 0 spiro atoms. The first-order valence-electron chi connectivity index (χ1n) is 7.66. The van der Waals surface area contributed by atoms with E-state index in [0.717, 1.165) is 16.8 Å². The zero-order valence-electron chi connectivity index (χ0n) is 13.0. The summed E-state index contributed by atoms with van der Waals surface area (Å²) in [4.78, 5) is -0.241. The third-order valence-corrected chi connectivity index (χ3v) is 6.04. The number of hydrogen-bond donors (Lipinski definition) is 2. The summed E-state index contributed by atoms with van der Waals surface area (Å²) in [6.45, 7) is 0. The molecule has 0 atom stereocenters. The Morgan fingerprint density at radius 3 is 2.08 bits per heavy atom. The molecule has 2 N–H and O–H groups in total. The van der Waals surface area contributed by atoms with Crippen LogP contribution in [0.3, 0.4) is 0 Å². The van der Waals surface area contributed by atoms with Crippen LogP contribution in [-0.4, -0.2) is 18.6 Å². The molecule has 0 heterocycles. The average molecular weight is 350 g/mol. The van der Waals surface area contributed by atoms with Crippen LogP contribution in [0, 0.1) is 0 Å². The highest BCUT2D eigenvalue weighted by molar-refractivity contribution is 7.91. The maximum Gasteiger partial charge on any atom is 0.210 e. The summed E-state index contributed by atoms with van der Waals surface area (Å²) in [5.74, 6) is -0.547. The van der Waals surface area contributed by atoms with Crippen molar-refractivity contribution in [1.29, 1.82) is 0 Å². The lowest BCUT2D eigenvalue weighted by Crippen LogP contribution is -2.03. The number of phenolic OH excluding ortho intramolecular Hbond substituents is 2. The lowest BCUT2D eigenvalue weighted by molar-refractivity contribution is 0.454. The number of aromatic hydroxyl groups is 2. The molecule has 5 heteroatoms. The van der Waals surface area contributed by atoms with E-state index < -0.39 is 9.84 Å². The Kier molecular flexibility index (Phi) is 3.40. The van der Waals surface area contributed by atoms with E-state index in [2.05, 4.69) is 0 Å². The van der Waals surface area contributed by atoms with Gasteiger partial charge < -0.3 is 10.2 Å². The number of benzene rings is 4. The van der Waals surface area contributed by atoms with E-state index >= 15 is 0 Å². The molecule has 4 aromatic rings. The summed E-state index contributed by atoms with van der Waals surface area (Å²) in [5, 5.41) is 23.1. The fourth-order valence-electron chi connectivity index (χ4n) is 2.98. The molecule has 0 saturated carbocycles. The summed E-state index contributed by atoms with van der Waals surface area (Å²) in [6.07, 6.45) is 0. The van der Waals surface area contributed by atoms with Crippen LogP contribution in [0.15, 0.2) is 82.6 Å². The van der Waals surface area contributed by atoms with E-state index in [1.165, 1.54) is 6.07 Å². The van der Waals surface area contributed by atoms with E-state index in [4.69, 9.17) is 0 Å². The molecule has 0 amide bonds. The molecule has 0 aliphatic rings. The van der Waals surface area contributed by atoms with Crippen molar-refractivity contribution in [2.45, 2.75) is 9.79 Å². The third-order valence-electron chi connectivity index (χ3n) is 4.28. The van der Waals surface area contributed by atoms with Crippen molar-refractivity contribution >= 4 is 31.4 Å². The second-order valence-corrected chi connectivity index (χ2v) is 7.72. The molecule has 0 unspecified atom stereocenters. The molecule has 4 aromatic carbocycles. The van der Waals surface area contributed by atoms with Crippen molar-refractivity contribution in [3.8, 4) is 11.5 Å². The second kappa shape index (κ2) is 5.50. The van der Waals surface area contributed by atoms with Crippen molar-refractivity contribution in [2.75, 3.05) is 0 Å². The first kappa shape index (κ1) is 15.5. The molecule has 124 valence electrons. The standard InChI is InChI=1S/C20H14O4S/c21-18-12-19(20(22)17-8-4-3-7-16(17)18)25(23,24)15-10-9-13-5-1-2-6-14(13)11-15/h1-12,21-22H. The van der Waals surface area contributed by atoms with Gasteiger partial charge in [0.2, 0.25) is 9.84 Å². The minimum atomic E-state index is -3.99. The van der Waals surface area contributed by atoms with Crippen LogP contribution >= 0.6 is 0 Å². The van der Waals surface area contributed by atoms with Crippen LogP contribution in [0.2, 0.25) is 0 Å². The van der Waals surface area contributed by atoms with Crippen LogP contribution in [0.5, 0.6) is 11.5 Å². The van der Waals surface area contributed by atoms with Gasteiger partial charge in [-0.3, -0.25) is 0 Å². The predicted molar refractivity (Wildman–Crippen MR) is 96.7 cm³/mol. The number of sulfone groups is 1. The molecule has 0 aliphatic heterocycles. The Bertz CT molecular complexity index is 1230. The maximum absolute atomic E-state index is 13.0. The molecule has 0 radical (unpaired) electrons. The highest BCUT2D eigenvalue weighted by atomic mass is 32.2.